The van der Waals surface area contributed by atoms with E-state index in [0.29, 0.717) is 25.6 Å². The van der Waals surface area contributed by atoms with Gasteiger partial charge in [-0.3, -0.25) is 9.69 Å². The SMILES string of the molecule is CC(C)(C)OC(=O)N1CCC2C[N+](C(=O)O)(C3C4CC5C[C@H]3CC(C(N)=O)(C5)C4)CC21. The van der Waals surface area contributed by atoms with Crippen molar-refractivity contribution in [2.24, 2.45) is 34.8 Å². The summed E-state index contributed by atoms with van der Waals surface area (Å²) >= 11 is 0. The number of amides is 3. The molecule has 3 amide bonds. The van der Waals surface area contributed by atoms with E-state index in [-0.39, 0.29) is 46.3 Å². The standard InChI is InChI=1S/C23H35N3O5/c1-22(2,3)31-20(28)25-5-4-14-11-26(21(29)30,12-17(14)25)18-15-6-13-7-16(18)10-23(8-13,9-15)19(24)27/h13-18H,4-12H2,1-3H3,(H2-,24,27,29,30)/p+1/t13?,14?,15-,16?,17?,18?,23?,26?/m0/s1. The van der Waals surface area contributed by atoms with Crippen LogP contribution in [0.15, 0.2) is 0 Å². The van der Waals surface area contributed by atoms with Gasteiger partial charge in [-0.25, -0.2) is 9.28 Å². The van der Waals surface area contributed by atoms with Crippen LogP contribution in [0.5, 0.6) is 0 Å². The van der Waals surface area contributed by atoms with Crippen LogP contribution >= 0.6 is 0 Å². The number of nitrogens with two attached hydrogens (primary N) is 1. The van der Waals surface area contributed by atoms with Crippen LogP contribution in [0.3, 0.4) is 0 Å². The minimum atomic E-state index is -0.774. The average Bonchev–Trinajstić information content (AvgIpc) is 3.17. The lowest BCUT2D eigenvalue weighted by Crippen LogP contribution is -2.70. The van der Waals surface area contributed by atoms with E-state index in [1.165, 1.54) is 0 Å². The minimum absolute atomic E-state index is 0.0209. The number of likely N-dealkylation sites (tertiary alicyclic amines) is 2. The molecule has 0 aromatic heterocycles. The Kier molecular flexibility index (Phi) is 4.47. The van der Waals surface area contributed by atoms with E-state index in [4.69, 9.17) is 10.5 Å². The molecule has 4 saturated carbocycles. The molecule has 0 radical (unpaired) electrons. The highest BCUT2D eigenvalue weighted by atomic mass is 16.6. The third-order valence-corrected chi connectivity index (χ3v) is 9.08. The first-order chi connectivity index (χ1) is 14.4. The molecule has 0 aromatic rings. The smallest absolute Gasteiger partial charge is 0.444 e. The highest BCUT2D eigenvalue weighted by Gasteiger charge is 2.68. The summed E-state index contributed by atoms with van der Waals surface area (Å²) in [6, 6.07) is -0.0687. The molecule has 6 rings (SSSR count). The van der Waals surface area contributed by atoms with Crippen molar-refractivity contribution >= 4 is 18.1 Å². The van der Waals surface area contributed by atoms with Gasteiger partial charge in [-0.05, 0) is 65.2 Å². The topological polar surface area (TPSA) is 110 Å². The van der Waals surface area contributed by atoms with Crippen molar-refractivity contribution in [3.63, 3.8) is 0 Å². The van der Waals surface area contributed by atoms with E-state index in [2.05, 4.69) is 0 Å². The predicted molar refractivity (Wildman–Crippen MR) is 112 cm³/mol. The fraction of sp³-hybridized carbons (Fsp3) is 0.870. The highest BCUT2D eigenvalue weighted by Crippen LogP contribution is 2.62. The zero-order valence-corrected chi connectivity index (χ0v) is 18.9. The Labute approximate surface area is 183 Å². The first kappa shape index (κ1) is 21.0. The Morgan fingerprint density at radius 2 is 1.71 bits per heavy atom. The van der Waals surface area contributed by atoms with Crippen LogP contribution < -0.4 is 5.73 Å². The van der Waals surface area contributed by atoms with Crippen molar-refractivity contribution in [3.05, 3.63) is 0 Å². The molecule has 172 valence electrons. The predicted octanol–water partition coefficient (Wildman–Crippen LogP) is 2.80. The Hall–Kier alpha value is -1.83. The summed E-state index contributed by atoms with van der Waals surface area (Å²) in [5.41, 5.74) is 4.85. The summed E-state index contributed by atoms with van der Waals surface area (Å²) < 4.78 is 5.67. The monoisotopic (exact) mass is 434 g/mol. The van der Waals surface area contributed by atoms with Crippen LogP contribution in [0.1, 0.15) is 59.3 Å². The van der Waals surface area contributed by atoms with Crippen LogP contribution in [0, 0.1) is 29.1 Å². The second-order valence-electron chi connectivity index (χ2n) is 12.1. The lowest BCUT2D eigenvalue weighted by atomic mass is 9.47. The second-order valence-corrected chi connectivity index (χ2v) is 12.1. The molecule has 2 saturated heterocycles. The summed E-state index contributed by atoms with van der Waals surface area (Å²) in [6.45, 7) is 7.22. The first-order valence-corrected chi connectivity index (χ1v) is 11.8. The van der Waals surface area contributed by atoms with Crippen molar-refractivity contribution in [2.75, 3.05) is 19.6 Å². The zero-order chi connectivity index (χ0) is 22.3. The van der Waals surface area contributed by atoms with Gasteiger partial charge in [-0.15, -0.1) is 0 Å². The molecule has 3 N–H and O–H groups in total. The minimum Gasteiger partial charge on any atom is -0.444 e. The molecule has 8 nitrogen and oxygen atoms in total. The second kappa shape index (κ2) is 6.59. The Morgan fingerprint density at radius 1 is 1.06 bits per heavy atom. The number of nitrogens with zero attached hydrogens (tertiary/aromatic N) is 2. The fourth-order valence-electron chi connectivity index (χ4n) is 8.39. The van der Waals surface area contributed by atoms with Gasteiger partial charge in [0, 0.05) is 24.3 Å². The normalized spacial score (nSPS) is 45.6. The molecule has 2 aliphatic heterocycles. The van der Waals surface area contributed by atoms with Crippen molar-refractivity contribution in [1.29, 1.82) is 0 Å². The average molecular weight is 435 g/mol. The molecule has 7 unspecified atom stereocenters. The van der Waals surface area contributed by atoms with Crippen LogP contribution in [0.4, 0.5) is 9.59 Å². The lowest BCUT2D eigenvalue weighted by molar-refractivity contribution is -0.885. The number of ether oxygens (including phenoxy) is 1. The number of primary amides is 1. The van der Waals surface area contributed by atoms with E-state index >= 15 is 0 Å². The number of carbonyl (C=O) groups excluding carboxylic acids is 2. The molecule has 0 aromatic carbocycles. The lowest BCUT2D eigenvalue weighted by Gasteiger charge is -2.61. The largest absolute Gasteiger partial charge is 0.513 e. The van der Waals surface area contributed by atoms with Gasteiger partial charge >= 0.3 is 12.2 Å². The Bertz CT molecular complexity index is 807. The van der Waals surface area contributed by atoms with Crippen molar-refractivity contribution in [2.45, 2.75) is 77.0 Å². The number of fused-ring (bicyclic) bond motifs is 1. The maximum atomic E-state index is 12.8. The summed E-state index contributed by atoms with van der Waals surface area (Å²) in [7, 11) is 0. The molecule has 4 bridgehead atoms. The van der Waals surface area contributed by atoms with E-state index in [1.54, 1.807) is 4.90 Å². The third-order valence-electron chi connectivity index (χ3n) is 9.08. The van der Waals surface area contributed by atoms with Crippen LogP contribution in [0.2, 0.25) is 0 Å². The molecular formula is C23H36N3O5+. The van der Waals surface area contributed by atoms with E-state index in [9.17, 15) is 19.5 Å². The number of hydrogen-bond donors (Lipinski definition) is 2. The molecular weight excluding hydrogens is 398 g/mol. The Balaban J connectivity index is 1.42. The van der Waals surface area contributed by atoms with E-state index < -0.39 is 17.1 Å². The summed E-state index contributed by atoms with van der Waals surface area (Å²) in [5, 5.41) is 10.5. The van der Waals surface area contributed by atoms with Gasteiger partial charge in [0.15, 0.2) is 0 Å². The zero-order valence-electron chi connectivity index (χ0n) is 18.9. The van der Waals surface area contributed by atoms with Crippen LogP contribution in [0.25, 0.3) is 0 Å². The van der Waals surface area contributed by atoms with E-state index in [0.717, 1.165) is 38.5 Å². The third kappa shape index (κ3) is 3.08. The van der Waals surface area contributed by atoms with Gasteiger partial charge in [0.25, 0.3) is 0 Å². The maximum Gasteiger partial charge on any atom is 0.513 e. The van der Waals surface area contributed by atoms with Gasteiger partial charge in [0.05, 0.1) is 18.0 Å². The number of quaternary nitrogens is 1. The number of carboxylic acid groups (broad SMARTS) is 1. The quantitative estimate of drug-likeness (QED) is 0.650. The van der Waals surface area contributed by atoms with Crippen LogP contribution in [-0.4, -0.2) is 69.9 Å². The molecule has 6 aliphatic rings. The highest BCUT2D eigenvalue weighted by molar-refractivity contribution is 5.81. The summed E-state index contributed by atoms with van der Waals surface area (Å²) in [6.07, 6.45) is 4.09. The maximum absolute atomic E-state index is 12.8. The molecule has 8 atom stereocenters. The van der Waals surface area contributed by atoms with Gasteiger partial charge < -0.3 is 15.6 Å². The van der Waals surface area contributed by atoms with Gasteiger partial charge in [-0.2, -0.15) is 4.79 Å². The van der Waals surface area contributed by atoms with Gasteiger partial charge in [-0.1, -0.05) is 0 Å². The van der Waals surface area contributed by atoms with Crippen molar-refractivity contribution in [1.82, 2.24) is 4.90 Å². The van der Waals surface area contributed by atoms with Crippen molar-refractivity contribution in [3.8, 4) is 0 Å². The van der Waals surface area contributed by atoms with Crippen LogP contribution in [-0.2, 0) is 9.53 Å². The molecule has 2 heterocycles. The van der Waals surface area contributed by atoms with E-state index in [1.807, 2.05) is 20.8 Å². The molecule has 8 heteroatoms. The summed E-state index contributed by atoms with van der Waals surface area (Å²) in [5.74, 6) is 0.940. The molecule has 31 heavy (non-hydrogen) atoms. The number of rotatable bonds is 2. The summed E-state index contributed by atoms with van der Waals surface area (Å²) in [4.78, 5) is 39.8. The number of hydrogen-bond acceptors (Lipinski definition) is 4. The Morgan fingerprint density at radius 3 is 2.26 bits per heavy atom. The first-order valence-electron chi connectivity index (χ1n) is 11.8. The molecule has 4 aliphatic carbocycles. The number of carbonyl (C=O) groups is 3. The fourth-order valence-corrected chi connectivity index (χ4v) is 8.39. The van der Waals surface area contributed by atoms with Crippen molar-refractivity contribution < 1.29 is 28.7 Å². The molecule has 0 spiro atoms. The van der Waals surface area contributed by atoms with Gasteiger partial charge in [0.2, 0.25) is 5.91 Å². The van der Waals surface area contributed by atoms with Gasteiger partial charge in [0.1, 0.15) is 18.2 Å². The molecule has 6 fully saturated rings.